The maximum atomic E-state index is 13.1. The van der Waals surface area contributed by atoms with Crippen molar-refractivity contribution >= 4 is 17.5 Å². The minimum absolute atomic E-state index is 0.130. The van der Waals surface area contributed by atoms with Gasteiger partial charge in [0, 0.05) is 23.0 Å². The summed E-state index contributed by atoms with van der Waals surface area (Å²) in [5, 5.41) is 9.62. The summed E-state index contributed by atoms with van der Waals surface area (Å²) in [6, 6.07) is 14.7. The smallest absolute Gasteiger partial charge is 0.192 e. The molecular weight excluding hydrogens is 420 g/mol. The van der Waals surface area contributed by atoms with E-state index in [4.69, 9.17) is 4.42 Å². The van der Waals surface area contributed by atoms with E-state index in [0.29, 0.717) is 18.3 Å². The van der Waals surface area contributed by atoms with Gasteiger partial charge in [-0.3, -0.25) is 9.36 Å². The zero-order valence-corrected chi connectivity index (χ0v) is 19.4. The average Bonchev–Trinajstić information content (AvgIpc) is 3.29. The van der Waals surface area contributed by atoms with Crippen LogP contribution in [0.2, 0.25) is 0 Å². The molecule has 1 fully saturated rings. The molecule has 5 rings (SSSR count). The first-order valence-corrected chi connectivity index (χ1v) is 11.9. The lowest BCUT2D eigenvalue weighted by Crippen LogP contribution is -2.08. The van der Waals surface area contributed by atoms with Gasteiger partial charge in [-0.05, 0) is 51.3 Å². The summed E-state index contributed by atoms with van der Waals surface area (Å²) in [5.74, 6) is 2.01. The monoisotopic (exact) mass is 446 g/mol. The molecule has 0 saturated heterocycles. The number of Topliss-reactive ketones (excluding diaryl/α,β-unsaturated/α-hetero) is 1. The lowest BCUT2D eigenvalue weighted by Gasteiger charge is -2.10. The number of furan rings is 1. The third-order valence-corrected chi connectivity index (χ3v) is 7.00. The van der Waals surface area contributed by atoms with E-state index in [1.807, 2.05) is 37.3 Å². The van der Waals surface area contributed by atoms with Crippen molar-refractivity contribution in [1.82, 2.24) is 19.3 Å². The number of carbonyl (C=O) groups excluding carboxylic acids is 1. The summed E-state index contributed by atoms with van der Waals surface area (Å²) in [6.07, 6.45) is 4.08. The van der Waals surface area contributed by atoms with Gasteiger partial charge in [0.1, 0.15) is 5.76 Å². The van der Waals surface area contributed by atoms with Gasteiger partial charge in [-0.2, -0.15) is 0 Å². The van der Waals surface area contributed by atoms with E-state index in [2.05, 4.69) is 45.3 Å². The SMILES string of the molecule is Cc1occc1-c1nnc(SCC(=O)c2cc(C)n(C3CC3)c2C)n1Cc1ccccc1. The fraction of sp³-hybridized carbons (Fsp3) is 0.320. The number of hydrogen-bond donors (Lipinski definition) is 0. The topological polar surface area (TPSA) is 65.8 Å². The predicted molar refractivity (Wildman–Crippen MR) is 125 cm³/mol. The Morgan fingerprint density at radius 1 is 1.12 bits per heavy atom. The Morgan fingerprint density at radius 3 is 2.59 bits per heavy atom. The van der Waals surface area contributed by atoms with Gasteiger partial charge >= 0.3 is 0 Å². The number of nitrogens with zero attached hydrogens (tertiary/aromatic N) is 4. The van der Waals surface area contributed by atoms with Gasteiger partial charge in [-0.25, -0.2) is 0 Å². The van der Waals surface area contributed by atoms with Gasteiger partial charge in [-0.15, -0.1) is 10.2 Å². The molecule has 0 amide bonds. The molecule has 0 unspecified atom stereocenters. The molecule has 6 nitrogen and oxygen atoms in total. The van der Waals surface area contributed by atoms with E-state index >= 15 is 0 Å². The maximum Gasteiger partial charge on any atom is 0.192 e. The van der Waals surface area contributed by atoms with Crippen LogP contribution >= 0.6 is 11.8 Å². The maximum absolute atomic E-state index is 13.1. The first-order valence-electron chi connectivity index (χ1n) is 10.9. The molecule has 0 N–H and O–H groups in total. The van der Waals surface area contributed by atoms with Crippen LogP contribution < -0.4 is 0 Å². The lowest BCUT2D eigenvalue weighted by atomic mass is 10.2. The quantitative estimate of drug-likeness (QED) is 0.259. The average molecular weight is 447 g/mol. The summed E-state index contributed by atoms with van der Waals surface area (Å²) in [4.78, 5) is 13.1. The van der Waals surface area contributed by atoms with Gasteiger partial charge in [0.2, 0.25) is 0 Å². The molecule has 7 heteroatoms. The summed E-state index contributed by atoms with van der Waals surface area (Å²) in [5.41, 5.74) is 5.14. The molecule has 0 bridgehead atoms. The normalized spacial score (nSPS) is 13.6. The van der Waals surface area contributed by atoms with Gasteiger partial charge in [-0.1, -0.05) is 42.1 Å². The minimum atomic E-state index is 0.130. The van der Waals surface area contributed by atoms with Crippen LogP contribution in [0.1, 0.15) is 52.0 Å². The minimum Gasteiger partial charge on any atom is -0.469 e. The second-order valence-corrected chi connectivity index (χ2v) is 9.31. The van der Waals surface area contributed by atoms with Crippen LogP contribution in [0, 0.1) is 20.8 Å². The van der Waals surface area contributed by atoms with E-state index in [1.54, 1.807) is 6.26 Å². The van der Waals surface area contributed by atoms with Crippen molar-refractivity contribution in [3.8, 4) is 11.4 Å². The van der Waals surface area contributed by atoms with Crippen LogP contribution in [0.25, 0.3) is 11.4 Å². The Morgan fingerprint density at radius 2 is 1.91 bits per heavy atom. The highest BCUT2D eigenvalue weighted by Crippen LogP contribution is 2.38. The third kappa shape index (κ3) is 3.93. The number of thioether (sulfide) groups is 1. The van der Waals surface area contributed by atoms with Crippen molar-refractivity contribution in [3.63, 3.8) is 0 Å². The van der Waals surface area contributed by atoms with Crippen molar-refractivity contribution in [2.45, 2.75) is 51.4 Å². The van der Waals surface area contributed by atoms with E-state index in [0.717, 1.165) is 39.1 Å². The van der Waals surface area contributed by atoms with Gasteiger partial charge in [0.05, 0.1) is 24.1 Å². The fourth-order valence-corrected chi connectivity index (χ4v) is 5.10. The van der Waals surface area contributed by atoms with Crippen LogP contribution in [0.15, 0.2) is 58.3 Å². The molecule has 1 aliphatic rings. The molecule has 1 aromatic carbocycles. The molecule has 1 saturated carbocycles. The number of ketones is 1. The second-order valence-electron chi connectivity index (χ2n) is 8.37. The second kappa shape index (κ2) is 8.47. The molecule has 0 atom stereocenters. The zero-order chi connectivity index (χ0) is 22.2. The van der Waals surface area contributed by atoms with Crippen LogP contribution in [0.3, 0.4) is 0 Å². The Bertz CT molecular complexity index is 1260. The first-order chi connectivity index (χ1) is 15.5. The molecule has 32 heavy (non-hydrogen) atoms. The predicted octanol–water partition coefficient (Wildman–Crippen LogP) is 5.62. The van der Waals surface area contributed by atoms with Crippen molar-refractivity contribution in [2.75, 3.05) is 5.75 Å². The Kier molecular flexibility index (Phi) is 5.51. The lowest BCUT2D eigenvalue weighted by molar-refractivity contribution is 0.102. The Labute approximate surface area is 191 Å². The summed E-state index contributed by atoms with van der Waals surface area (Å²) in [6.45, 7) is 6.69. The molecule has 4 aromatic rings. The number of benzene rings is 1. The Hall–Kier alpha value is -3.06. The summed E-state index contributed by atoms with van der Waals surface area (Å²) < 4.78 is 9.88. The molecule has 1 aliphatic carbocycles. The Balaban J connectivity index is 1.41. The summed E-state index contributed by atoms with van der Waals surface area (Å²) >= 11 is 1.44. The molecular formula is C25H26N4O2S. The van der Waals surface area contributed by atoms with E-state index in [-0.39, 0.29) is 5.78 Å². The highest BCUT2D eigenvalue weighted by Gasteiger charge is 2.28. The standard InChI is InChI=1S/C25H26N4O2S/c1-16-13-22(17(2)29(16)20-9-10-20)23(30)15-32-25-27-26-24(21-11-12-31-18(21)3)28(25)14-19-7-5-4-6-8-19/h4-8,11-13,20H,9-10,14-15H2,1-3H3. The fourth-order valence-electron chi connectivity index (χ4n) is 4.28. The third-order valence-electron chi connectivity index (χ3n) is 6.03. The van der Waals surface area contributed by atoms with Crippen molar-refractivity contribution in [2.24, 2.45) is 0 Å². The highest BCUT2D eigenvalue weighted by molar-refractivity contribution is 7.99. The number of aryl methyl sites for hydroxylation is 2. The van der Waals surface area contributed by atoms with Crippen LogP contribution in [-0.2, 0) is 6.54 Å². The molecule has 0 spiro atoms. The largest absolute Gasteiger partial charge is 0.469 e. The number of aromatic nitrogens is 4. The number of hydrogen-bond acceptors (Lipinski definition) is 5. The van der Waals surface area contributed by atoms with Gasteiger partial charge < -0.3 is 8.98 Å². The van der Waals surface area contributed by atoms with Gasteiger partial charge in [0.15, 0.2) is 16.8 Å². The van der Waals surface area contributed by atoms with E-state index in [9.17, 15) is 4.79 Å². The number of rotatable bonds is 8. The zero-order valence-electron chi connectivity index (χ0n) is 18.5. The molecule has 3 aromatic heterocycles. The number of carbonyl (C=O) groups is 1. The van der Waals surface area contributed by atoms with Crippen molar-refractivity contribution < 1.29 is 9.21 Å². The van der Waals surface area contributed by atoms with Crippen LogP contribution in [-0.4, -0.2) is 30.9 Å². The molecule has 0 radical (unpaired) electrons. The summed E-state index contributed by atoms with van der Waals surface area (Å²) in [7, 11) is 0. The molecule has 3 heterocycles. The highest BCUT2D eigenvalue weighted by atomic mass is 32.2. The molecule has 0 aliphatic heterocycles. The van der Waals surface area contributed by atoms with Crippen molar-refractivity contribution in [1.29, 1.82) is 0 Å². The van der Waals surface area contributed by atoms with E-state index in [1.165, 1.54) is 30.3 Å². The first kappa shape index (κ1) is 20.8. The van der Waals surface area contributed by atoms with Crippen molar-refractivity contribution in [3.05, 3.63) is 77.0 Å². The molecule has 164 valence electrons. The van der Waals surface area contributed by atoms with Gasteiger partial charge in [0.25, 0.3) is 0 Å². The van der Waals surface area contributed by atoms with E-state index < -0.39 is 0 Å². The van der Waals surface area contributed by atoms with Crippen LogP contribution in [0.5, 0.6) is 0 Å². The van der Waals surface area contributed by atoms with Crippen LogP contribution in [0.4, 0.5) is 0 Å².